The van der Waals surface area contributed by atoms with Crippen molar-refractivity contribution in [2.24, 2.45) is 0 Å². The first-order valence-electron chi connectivity index (χ1n) is 8.42. The number of benzene rings is 2. The molecule has 0 spiro atoms. The number of H-pyrrole nitrogens is 1. The fourth-order valence-electron chi connectivity index (χ4n) is 2.86. The van der Waals surface area contributed by atoms with E-state index in [2.05, 4.69) is 29.9 Å². The Labute approximate surface area is 162 Å². The molecule has 0 fully saturated rings. The van der Waals surface area contributed by atoms with E-state index in [1.54, 1.807) is 18.4 Å². The van der Waals surface area contributed by atoms with E-state index in [0.717, 1.165) is 28.4 Å². The molecular weight excluding hydrogens is 379 g/mol. The molecule has 3 aromatic heterocycles. The summed E-state index contributed by atoms with van der Waals surface area (Å²) in [6, 6.07) is 11.0. The van der Waals surface area contributed by atoms with E-state index in [0.29, 0.717) is 33.4 Å². The normalized spacial score (nSPS) is 11.2. The third kappa shape index (κ3) is 2.91. The monoisotopic (exact) mass is 392 g/mol. The standard InChI is InChI=1S/C19H13FN6OS/c1-10-9-27-18(22-10)12-4-2-3-11(7-12)17-24-19(28-26-17)23-15-6-5-14-13(16(15)20)8-21-25-14/h2-9H,1H3,(H,21,25)(H,23,24,26). The molecule has 0 aliphatic heterocycles. The number of anilines is 2. The first kappa shape index (κ1) is 16.6. The van der Waals surface area contributed by atoms with Crippen LogP contribution in [0.15, 0.2) is 53.3 Å². The van der Waals surface area contributed by atoms with Gasteiger partial charge in [-0.25, -0.2) is 9.37 Å². The summed E-state index contributed by atoms with van der Waals surface area (Å²) in [7, 11) is 0. The Morgan fingerprint density at radius 3 is 2.89 bits per heavy atom. The maximum Gasteiger partial charge on any atom is 0.226 e. The topological polar surface area (TPSA) is 92.5 Å². The molecule has 0 saturated carbocycles. The predicted octanol–water partition coefficient (Wildman–Crippen LogP) is 4.93. The van der Waals surface area contributed by atoms with Crippen LogP contribution in [0.5, 0.6) is 0 Å². The molecule has 0 amide bonds. The number of nitrogens with one attached hydrogen (secondary N) is 2. The van der Waals surface area contributed by atoms with Gasteiger partial charge in [-0.1, -0.05) is 12.1 Å². The first-order chi connectivity index (χ1) is 13.7. The molecule has 28 heavy (non-hydrogen) atoms. The molecule has 138 valence electrons. The van der Waals surface area contributed by atoms with Gasteiger partial charge < -0.3 is 9.73 Å². The van der Waals surface area contributed by atoms with Gasteiger partial charge in [0.05, 0.1) is 28.5 Å². The van der Waals surface area contributed by atoms with E-state index in [4.69, 9.17) is 4.42 Å². The fourth-order valence-corrected chi connectivity index (χ4v) is 3.47. The zero-order valence-electron chi connectivity index (χ0n) is 14.6. The van der Waals surface area contributed by atoms with Crippen molar-refractivity contribution in [3.8, 4) is 22.8 Å². The van der Waals surface area contributed by atoms with Crippen LogP contribution in [0.1, 0.15) is 5.69 Å². The van der Waals surface area contributed by atoms with Crippen molar-refractivity contribution in [1.29, 1.82) is 0 Å². The van der Waals surface area contributed by atoms with Gasteiger partial charge in [0, 0.05) is 22.7 Å². The third-order valence-corrected chi connectivity index (χ3v) is 4.84. The van der Waals surface area contributed by atoms with Crippen LogP contribution in [0, 0.1) is 12.7 Å². The van der Waals surface area contributed by atoms with Crippen molar-refractivity contribution in [1.82, 2.24) is 24.5 Å². The molecule has 3 heterocycles. The van der Waals surface area contributed by atoms with Gasteiger partial charge in [0.15, 0.2) is 11.6 Å². The largest absolute Gasteiger partial charge is 0.444 e. The van der Waals surface area contributed by atoms with Gasteiger partial charge >= 0.3 is 0 Å². The van der Waals surface area contributed by atoms with Gasteiger partial charge in [-0.3, -0.25) is 5.10 Å². The number of aromatic amines is 1. The van der Waals surface area contributed by atoms with E-state index < -0.39 is 0 Å². The molecule has 0 aliphatic carbocycles. The molecule has 5 aromatic rings. The summed E-state index contributed by atoms with van der Waals surface area (Å²) < 4.78 is 24.4. The molecule has 2 N–H and O–H groups in total. The van der Waals surface area contributed by atoms with Gasteiger partial charge in [-0.05, 0) is 31.2 Å². The van der Waals surface area contributed by atoms with Crippen LogP contribution < -0.4 is 5.32 Å². The van der Waals surface area contributed by atoms with Crippen molar-refractivity contribution >= 4 is 33.3 Å². The van der Waals surface area contributed by atoms with Crippen LogP contribution >= 0.6 is 11.5 Å². The smallest absolute Gasteiger partial charge is 0.226 e. The number of nitrogens with zero attached hydrogens (tertiary/aromatic N) is 4. The van der Waals surface area contributed by atoms with Crippen molar-refractivity contribution in [3.05, 3.63) is 60.4 Å². The van der Waals surface area contributed by atoms with E-state index in [9.17, 15) is 4.39 Å². The SMILES string of the molecule is Cc1coc(-c2cccc(-c3nsc(Nc4ccc5[nH]ncc5c4F)n3)c2)n1. The van der Waals surface area contributed by atoms with E-state index >= 15 is 0 Å². The molecule has 0 unspecified atom stereocenters. The van der Waals surface area contributed by atoms with Crippen LogP contribution in [0.2, 0.25) is 0 Å². The molecule has 0 bridgehead atoms. The maximum absolute atomic E-state index is 14.6. The number of rotatable bonds is 4. The molecular formula is C19H13FN6OS. The zero-order valence-corrected chi connectivity index (χ0v) is 15.4. The Hall–Kier alpha value is -3.59. The number of oxazole rings is 1. The first-order valence-corrected chi connectivity index (χ1v) is 9.20. The van der Waals surface area contributed by atoms with E-state index in [1.807, 2.05) is 31.2 Å². The van der Waals surface area contributed by atoms with E-state index in [-0.39, 0.29) is 5.82 Å². The van der Waals surface area contributed by atoms with Gasteiger partial charge in [0.2, 0.25) is 11.0 Å². The summed E-state index contributed by atoms with van der Waals surface area (Å²) in [5.41, 5.74) is 3.44. The molecule has 2 aromatic carbocycles. The minimum absolute atomic E-state index is 0.320. The van der Waals surface area contributed by atoms with Crippen LogP contribution in [0.4, 0.5) is 15.2 Å². The summed E-state index contributed by atoms with van der Waals surface area (Å²) in [5.74, 6) is 0.704. The van der Waals surface area contributed by atoms with Crippen molar-refractivity contribution in [2.75, 3.05) is 5.32 Å². The molecule has 0 radical (unpaired) electrons. The molecule has 7 nitrogen and oxygen atoms in total. The quantitative estimate of drug-likeness (QED) is 0.451. The van der Waals surface area contributed by atoms with Crippen molar-refractivity contribution in [2.45, 2.75) is 6.92 Å². The molecule has 9 heteroatoms. The summed E-state index contributed by atoms with van der Waals surface area (Å²) in [5, 5.41) is 10.5. The highest BCUT2D eigenvalue weighted by Gasteiger charge is 2.13. The van der Waals surface area contributed by atoms with Crippen LogP contribution in [-0.4, -0.2) is 24.5 Å². The minimum atomic E-state index is -0.385. The lowest BCUT2D eigenvalue weighted by atomic mass is 10.1. The van der Waals surface area contributed by atoms with Crippen LogP contribution in [0.3, 0.4) is 0 Å². The highest BCUT2D eigenvalue weighted by atomic mass is 32.1. The van der Waals surface area contributed by atoms with Crippen LogP contribution in [0.25, 0.3) is 33.7 Å². The number of aromatic nitrogens is 5. The maximum atomic E-state index is 14.6. The Morgan fingerprint density at radius 2 is 2.04 bits per heavy atom. The Kier molecular flexibility index (Phi) is 3.87. The number of halogens is 1. The van der Waals surface area contributed by atoms with E-state index in [1.165, 1.54) is 6.20 Å². The second kappa shape index (κ2) is 6.54. The number of fused-ring (bicyclic) bond motifs is 1. The highest BCUT2D eigenvalue weighted by molar-refractivity contribution is 7.09. The van der Waals surface area contributed by atoms with Crippen molar-refractivity contribution < 1.29 is 8.81 Å². The van der Waals surface area contributed by atoms with Crippen LogP contribution in [-0.2, 0) is 0 Å². The van der Waals surface area contributed by atoms with Gasteiger partial charge in [-0.2, -0.15) is 14.5 Å². The summed E-state index contributed by atoms with van der Waals surface area (Å²) in [6.45, 7) is 1.87. The Balaban J connectivity index is 1.44. The average Bonchev–Trinajstić information content (AvgIpc) is 3.45. The second-order valence-electron chi connectivity index (χ2n) is 6.18. The van der Waals surface area contributed by atoms with Gasteiger partial charge in [-0.15, -0.1) is 0 Å². The molecule has 5 rings (SSSR count). The summed E-state index contributed by atoms with van der Waals surface area (Å²) in [6.07, 6.45) is 3.06. The Morgan fingerprint density at radius 1 is 1.14 bits per heavy atom. The highest BCUT2D eigenvalue weighted by Crippen LogP contribution is 2.30. The second-order valence-corrected chi connectivity index (χ2v) is 6.93. The number of hydrogen-bond donors (Lipinski definition) is 2. The fraction of sp³-hybridized carbons (Fsp3) is 0.0526. The number of hydrogen-bond acceptors (Lipinski definition) is 7. The predicted molar refractivity (Wildman–Crippen MR) is 105 cm³/mol. The lowest BCUT2D eigenvalue weighted by Gasteiger charge is -2.04. The molecule has 0 atom stereocenters. The zero-order chi connectivity index (χ0) is 19.1. The lowest BCUT2D eigenvalue weighted by Crippen LogP contribution is -1.93. The number of aryl methyl sites for hydroxylation is 1. The average molecular weight is 392 g/mol. The Bertz CT molecular complexity index is 1290. The minimum Gasteiger partial charge on any atom is -0.444 e. The molecule has 0 saturated heterocycles. The lowest BCUT2D eigenvalue weighted by molar-refractivity contribution is 0.573. The molecule has 0 aliphatic rings. The van der Waals surface area contributed by atoms with Gasteiger partial charge in [0.25, 0.3) is 0 Å². The van der Waals surface area contributed by atoms with Gasteiger partial charge in [0.1, 0.15) is 6.26 Å². The van der Waals surface area contributed by atoms with Crippen molar-refractivity contribution in [3.63, 3.8) is 0 Å². The third-order valence-electron chi connectivity index (χ3n) is 4.21. The summed E-state index contributed by atoms with van der Waals surface area (Å²) >= 11 is 1.16. The summed E-state index contributed by atoms with van der Waals surface area (Å²) in [4.78, 5) is 8.82.